The monoisotopic (exact) mass is 532 g/mol. The van der Waals surface area contributed by atoms with E-state index in [2.05, 4.69) is 4.98 Å². The van der Waals surface area contributed by atoms with Gasteiger partial charge in [-0.3, -0.25) is 14.5 Å². The average molecular weight is 533 g/mol. The third kappa shape index (κ3) is 3.93. The van der Waals surface area contributed by atoms with Crippen LogP contribution in [-0.2, 0) is 16.0 Å². The van der Waals surface area contributed by atoms with Crippen molar-refractivity contribution in [1.29, 1.82) is 0 Å². The van der Waals surface area contributed by atoms with Crippen LogP contribution in [0.4, 0.5) is 5.13 Å². The van der Waals surface area contributed by atoms with E-state index >= 15 is 0 Å². The number of fused-ring (bicyclic) bond motifs is 2. The highest BCUT2D eigenvalue weighted by atomic mass is 35.5. The number of aliphatic hydroxyl groups excluding tert-OH is 1. The summed E-state index contributed by atoms with van der Waals surface area (Å²) in [4.78, 5) is 32.9. The summed E-state index contributed by atoms with van der Waals surface area (Å²) in [5, 5.41) is 12.3. The molecule has 0 bridgehead atoms. The van der Waals surface area contributed by atoms with Crippen LogP contribution in [0.3, 0.4) is 0 Å². The second-order valence-corrected chi connectivity index (χ2v) is 10.5. The quantitative estimate of drug-likeness (QED) is 0.200. The predicted molar refractivity (Wildman–Crippen MR) is 143 cm³/mol. The number of hydrogen-bond donors (Lipinski definition) is 1. The van der Waals surface area contributed by atoms with Gasteiger partial charge in [-0.2, -0.15) is 0 Å². The van der Waals surface area contributed by atoms with Crippen LogP contribution in [0.25, 0.3) is 16.0 Å². The van der Waals surface area contributed by atoms with Crippen LogP contribution < -0.4 is 14.4 Å². The van der Waals surface area contributed by atoms with Crippen LogP contribution in [0, 0.1) is 0 Å². The van der Waals surface area contributed by atoms with Gasteiger partial charge in [0, 0.05) is 17.0 Å². The lowest BCUT2D eigenvalue weighted by molar-refractivity contribution is -0.132. The Bertz CT molecular complexity index is 1610. The molecule has 2 atom stereocenters. The molecule has 7 nitrogen and oxygen atoms in total. The maximum atomic E-state index is 13.5. The van der Waals surface area contributed by atoms with Crippen molar-refractivity contribution in [3.8, 4) is 11.5 Å². The summed E-state index contributed by atoms with van der Waals surface area (Å²) in [5.74, 6) is -0.367. The van der Waals surface area contributed by atoms with E-state index in [0.29, 0.717) is 39.0 Å². The topological polar surface area (TPSA) is 89.0 Å². The number of benzene rings is 3. The van der Waals surface area contributed by atoms with Gasteiger partial charge < -0.3 is 14.6 Å². The number of ketones is 1. The molecule has 1 saturated heterocycles. The average Bonchev–Trinajstić information content (AvgIpc) is 3.55. The molecular formula is C28H21ClN2O5S. The molecule has 3 aromatic carbocycles. The van der Waals surface area contributed by atoms with Gasteiger partial charge >= 0.3 is 5.91 Å². The third-order valence-electron chi connectivity index (χ3n) is 6.59. The van der Waals surface area contributed by atoms with Gasteiger partial charge in [-0.05, 0) is 66.6 Å². The van der Waals surface area contributed by atoms with Crippen LogP contribution in [0.5, 0.6) is 11.5 Å². The van der Waals surface area contributed by atoms with Gasteiger partial charge in [0.05, 0.1) is 28.9 Å². The minimum absolute atomic E-state index is 0.00364. The van der Waals surface area contributed by atoms with Crippen molar-refractivity contribution < 1.29 is 24.2 Å². The van der Waals surface area contributed by atoms with Crippen molar-refractivity contribution in [3.63, 3.8) is 0 Å². The highest BCUT2D eigenvalue weighted by Crippen LogP contribution is 2.45. The number of nitrogens with zero attached hydrogens (tertiary/aromatic N) is 2. The lowest BCUT2D eigenvalue weighted by atomic mass is 9.94. The maximum Gasteiger partial charge on any atom is 0.301 e. The maximum absolute atomic E-state index is 13.5. The second-order valence-electron chi connectivity index (χ2n) is 9.01. The van der Waals surface area contributed by atoms with Gasteiger partial charge in [-0.1, -0.05) is 35.1 Å². The number of anilines is 1. The van der Waals surface area contributed by atoms with Crippen molar-refractivity contribution in [2.24, 2.45) is 0 Å². The summed E-state index contributed by atoms with van der Waals surface area (Å²) in [7, 11) is 1.58. The van der Waals surface area contributed by atoms with Gasteiger partial charge in [0.25, 0.3) is 5.78 Å². The number of aliphatic hydroxyl groups is 1. The number of thiazole rings is 1. The van der Waals surface area contributed by atoms with E-state index in [1.54, 1.807) is 55.6 Å². The van der Waals surface area contributed by atoms with E-state index in [-0.39, 0.29) is 17.4 Å². The standard InChI is InChI=1S/C28H21ClN2O5S/c1-14-11-17-12-16(5-10-21(17)36-14)25(32)23-24(15-3-6-18(29)7-4-15)31(27(34)26(23)33)28-30-20-9-8-19(35-2)13-22(20)37-28/h3-10,12-14,24,32H,11H2,1-2H3/b25-23+/t14-,24+/m1/s1. The van der Waals surface area contributed by atoms with E-state index < -0.39 is 17.7 Å². The Morgan fingerprint density at radius 1 is 1.14 bits per heavy atom. The van der Waals surface area contributed by atoms with Crippen LogP contribution in [0.2, 0.25) is 5.02 Å². The second kappa shape index (κ2) is 8.90. The van der Waals surface area contributed by atoms with Crippen LogP contribution in [-0.4, -0.2) is 35.0 Å². The number of Topliss-reactive ketones (excluding diaryl/α,β-unsaturated/α-hetero) is 1. The van der Waals surface area contributed by atoms with Crippen LogP contribution >= 0.6 is 22.9 Å². The minimum Gasteiger partial charge on any atom is -0.507 e. The zero-order valence-electron chi connectivity index (χ0n) is 19.9. The molecule has 0 aliphatic carbocycles. The summed E-state index contributed by atoms with van der Waals surface area (Å²) in [6.07, 6.45) is 0.727. The number of aromatic nitrogens is 1. The van der Waals surface area contributed by atoms with Gasteiger partial charge in [0.2, 0.25) is 0 Å². The van der Waals surface area contributed by atoms with Crippen molar-refractivity contribution in [1.82, 2.24) is 4.98 Å². The fourth-order valence-electron chi connectivity index (χ4n) is 4.84. The van der Waals surface area contributed by atoms with Crippen molar-refractivity contribution >= 4 is 55.7 Å². The summed E-state index contributed by atoms with van der Waals surface area (Å²) >= 11 is 7.40. The van der Waals surface area contributed by atoms with E-state index in [9.17, 15) is 14.7 Å². The molecule has 1 fully saturated rings. The molecule has 2 aliphatic heterocycles. The zero-order valence-corrected chi connectivity index (χ0v) is 21.5. The summed E-state index contributed by atoms with van der Waals surface area (Å²) in [6.45, 7) is 1.97. The molecule has 1 aromatic heterocycles. The van der Waals surface area contributed by atoms with Gasteiger partial charge in [-0.15, -0.1) is 0 Å². The van der Waals surface area contributed by atoms with Gasteiger partial charge in [0.15, 0.2) is 5.13 Å². The minimum atomic E-state index is -0.886. The Morgan fingerprint density at radius 2 is 1.92 bits per heavy atom. The molecule has 37 heavy (non-hydrogen) atoms. The molecule has 0 saturated carbocycles. The van der Waals surface area contributed by atoms with Crippen LogP contribution in [0.1, 0.15) is 29.7 Å². The lowest BCUT2D eigenvalue weighted by Crippen LogP contribution is -2.29. The first-order valence-corrected chi connectivity index (χ1v) is 12.8. The Morgan fingerprint density at radius 3 is 2.68 bits per heavy atom. The van der Waals surface area contributed by atoms with Gasteiger partial charge in [-0.25, -0.2) is 4.98 Å². The zero-order chi connectivity index (χ0) is 25.8. The number of amides is 1. The Labute approximate surface area is 221 Å². The first-order chi connectivity index (χ1) is 17.8. The first kappa shape index (κ1) is 23.5. The Balaban J connectivity index is 1.52. The molecule has 6 rings (SSSR count). The van der Waals surface area contributed by atoms with E-state index in [1.807, 2.05) is 19.1 Å². The number of halogens is 1. The number of carbonyl (C=O) groups excluding carboxylic acids is 2. The molecule has 1 N–H and O–H groups in total. The molecule has 3 heterocycles. The van der Waals surface area contributed by atoms with Crippen molar-refractivity contribution in [3.05, 3.63) is 87.9 Å². The molecule has 9 heteroatoms. The number of hydrogen-bond acceptors (Lipinski definition) is 7. The Hall–Kier alpha value is -3.88. The Kier molecular flexibility index (Phi) is 5.66. The predicted octanol–water partition coefficient (Wildman–Crippen LogP) is 5.91. The first-order valence-electron chi connectivity index (χ1n) is 11.6. The molecule has 0 unspecified atom stereocenters. The number of ether oxygens (including phenoxy) is 2. The fourth-order valence-corrected chi connectivity index (χ4v) is 5.98. The molecular weight excluding hydrogens is 512 g/mol. The fraction of sp³-hybridized carbons (Fsp3) is 0.179. The van der Waals surface area contributed by atoms with Crippen molar-refractivity contribution in [2.45, 2.75) is 25.5 Å². The molecule has 1 amide bonds. The molecule has 4 aromatic rings. The lowest BCUT2D eigenvalue weighted by Gasteiger charge is -2.23. The largest absolute Gasteiger partial charge is 0.507 e. The molecule has 0 spiro atoms. The molecule has 0 radical (unpaired) electrons. The number of methoxy groups -OCH3 is 1. The van der Waals surface area contributed by atoms with E-state index in [0.717, 1.165) is 16.0 Å². The smallest absolute Gasteiger partial charge is 0.301 e. The van der Waals surface area contributed by atoms with Crippen molar-refractivity contribution in [2.75, 3.05) is 12.0 Å². The number of carbonyl (C=O) groups is 2. The van der Waals surface area contributed by atoms with Gasteiger partial charge in [0.1, 0.15) is 23.4 Å². The number of rotatable bonds is 4. The summed E-state index contributed by atoms with van der Waals surface area (Å²) in [5.41, 5.74) is 2.68. The summed E-state index contributed by atoms with van der Waals surface area (Å²) < 4.78 is 11.9. The van der Waals surface area contributed by atoms with Crippen LogP contribution in [0.15, 0.2) is 66.2 Å². The highest BCUT2D eigenvalue weighted by molar-refractivity contribution is 7.22. The van der Waals surface area contributed by atoms with E-state index in [1.165, 1.54) is 16.2 Å². The third-order valence-corrected chi connectivity index (χ3v) is 7.86. The molecule has 2 aliphatic rings. The normalized spacial score (nSPS) is 20.4. The summed E-state index contributed by atoms with van der Waals surface area (Å²) in [6, 6.07) is 16.7. The SMILES string of the molecule is COc1ccc2nc(N3C(=O)C(=O)/C(=C(/O)c4ccc5c(c4)C[C@@H](C)O5)[C@@H]3c3ccc(Cl)cc3)sc2c1. The molecule has 186 valence electrons. The highest BCUT2D eigenvalue weighted by Gasteiger charge is 2.48. The van der Waals surface area contributed by atoms with E-state index in [4.69, 9.17) is 21.1 Å².